The topological polar surface area (TPSA) is 95.9 Å². The molecular weight excluding hydrogens is 731 g/mol. The first-order chi connectivity index (χ1) is 29.0. The van der Waals surface area contributed by atoms with E-state index in [1.165, 1.54) is 116 Å². The Labute approximate surface area is 364 Å². The third-order valence-corrected chi connectivity index (χ3v) is 10.9. The van der Waals surface area contributed by atoms with Crippen molar-refractivity contribution in [1.82, 2.24) is 5.32 Å². The summed E-state index contributed by atoms with van der Waals surface area (Å²) >= 11 is 0. The second kappa shape index (κ2) is 46.4. The average molecular weight is 824 g/mol. The van der Waals surface area contributed by atoms with Crippen molar-refractivity contribution < 1.29 is 24.5 Å². The average Bonchev–Trinajstić information content (AvgIpc) is 3.23. The highest BCUT2D eigenvalue weighted by Gasteiger charge is 2.24. The lowest BCUT2D eigenvalue weighted by Crippen LogP contribution is -2.46. The Bertz CT molecular complexity index is 1110. The van der Waals surface area contributed by atoms with E-state index in [-0.39, 0.29) is 24.9 Å². The summed E-state index contributed by atoms with van der Waals surface area (Å²) in [4.78, 5) is 26.0. The first kappa shape index (κ1) is 56.3. The van der Waals surface area contributed by atoms with E-state index in [2.05, 4.69) is 44.3 Å². The van der Waals surface area contributed by atoms with E-state index in [9.17, 15) is 19.8 Å². The number of carbonyl (C=O) groups excluding carboxylic acids is 2. The van der Waals surface area contributed by atoms with Gasteiger partial charge in [-0.15, -0.1) is 0 Å². The van der Waals surface area contributed by atoms with Crippen LogP contribution in [0.5, 0.6) is 0 Å². The van der Waals surface area contributed by atoms with Crippen LogP contribution in [-0.2, 0) is 14.3 Å². The molecule has 0 rings (SSSR count). The zero-order chi connectivity index (χ0) is 43.1. The molecule has 0 saturated heterocycles. The first-order valence-corrected chi connectivity index (χ1v) is 24.7. The molecule has 3 N–H and O–H groups in total. The quantitative estimate of drug-likeness (QED) is 0.0246. The summed E-state index contributed by atoms with van der Waals surface area (Å²) in [7, 11) is 0. The molecule has 0 aliphatic rings. The molecular formula is C53H93NO5. The number of hydrogen-bond acceptors (Lipinski definition) is 5. The van der Waals surface area contributed by atoms with E-state index < -0.39 is 18.2 Å². The minimum atomic E-state index is -0.804. The smallest absolute Gasteiger partial charge is 0.306 e. The molecule has 6 heteroatoms. The van der Waals surface area contributed by atoms with Crippen LogP contribution in [-0.4, -0.2) is 46.9 Å². The van der Waals surface area contributed by atoms with Crippen LogP contribution in [0.15, 0.2) is 72.9 Å². The Morgan fingerprint density at radius 1 is 0.508 bits per heavy atom. The van der Waals surface area contributed by atoms with Gasteiger partial charge in [0.2, 0.25) is 5.91 Å². The van der Waals surface area contributed by atoms with E-state index in [1.54, 1.807) is 0 Å². The Kier molecular flexibility index (Phi) is 44.2. The van der Waals surface area contributed by atoms with Gasteiger partial charge in [0.1, 0.15) is 6.10 Å². The number of aliphatic hydroxyl groups excluding tert-OH is 2. The van der Waals surface area contributed by atoms with Crippen LogP contribution in [0.3, 0.4) is 0 Å². The van der Waals surface area contributed by atoms with Crippen LogP contribution >= 0.6 is 0 Å². The van der Waals surface area contributed by atoms with Crippen molar-refractivity contribution in [2.45, 2.75) is 244 Å². The summed E-state index contributed by atoms with van der Waals surface area (Å²) in [6, 6.07) is -0.720. The maximum atomic E-state index is 13.2. The molecule has 59 heavy (non-hydrogen) atoms. The van der Waals surface area contributed by atoms with Gasteiger partial charge in [0.15, 0.2) is 0 Å². The highest BCUT2D eigenvalue weighted by Crippen LogP contribution is 2.17. The van der Waals surface area contributed by atoms with E-state index in [4.69, 9.17) is 4.74 Å². The third kappa shape index (κ3) is 41.8. The number of ether oxygens (including phenoxy) is 1. The van der Waals surface area contributed by atoms with Crippen LogP contribution < -0.4 is 5.32 Å². The molecule has 0 aliphatic carbocycles. The Morgan fingerprint density at radius 2 is 0.932 bits per heavy atom. The maximum Gasteiger partial charge on any atom is 0.306 e. The number of allylic oxidation sites excluding steroid dienone is 12. The fourth-order valence-corrected chi connectivity index (χ4v) is 7.16. The van der Waals surface area contributed by atoms with Crippen LogP contribution in [0, 0.1) is 0 Å². The molecule has 0 aromatic heterocycles. The molecule has 3 unspecified atom stereocenters. The molecule has 0 aromatic carbocycles. The zero-order valence-electron chi connectivity index (χ0n) is 38.6. The number of hydrogen-bond donors (Lipinski definition) is 3. The zero-order valence-corrected chi connectivity index (χ0v) is 38.6. The van der Waals surface area contributed by atoms with Gasteiger partial charge in [-0.3, -0.25) is 9.59 Å². The third-order valence-electron chi connectivity index (χ3n) is 10.9. The van der Waals surface area contributed by atoms with Gasteiger partial charge in [0.25, 0.3) is 0 Å². The van der Waals surface area contributed by atoms with Crippen molar-refractivity contribution in [3.05, 3.63) is 72.9 Å². The van der Waals surface area contributed by atoms with Crippen LogP contribution in [0.25, 0.3) is 0 Å². The lowest BCUT2D eigenvalue weighted by atomic mass is 10.0. The first-order valence-electron chi connectivity index (χ1n) is 24.7. The summed E-state index contributed by atoms with van der Waals surface area (Å²) in [6.45, 7) is 6.31. The van der Waals surface area contributed by atoms with Gasteiger partial charge in [-0.2, -0.15) is 0 Å². The molecule has 0 bridgehead atoms. The highest BCUT2D eigenvalue weighted by molar-refractivity contribution is 5.77. The van der Waals surface area contributed by atoms with Crippen LogP contribution in [0.1, 0.15) is 226 Å². The monoisotopic (exact) mass is 824 g/mol. The lowest BCUT2D eigenvalue weighted by Gasteiger charge is -2.24. The van der Waals surface area contributed by atoms with Crippen molar-refractivity contribution >= 4 is 11.9 Å². The number of unbranched alkanes of at least 4 members (excludes halogenated alkanes) is 23. The van der Waals surface area contributed by atoms with E-state index in [0.29, 0.717) is 25.7 Å². The van der Waals surface area contributed by atoms with Crippen LogP contribution in [0.2, 0.25) is 0 Å². The fourth-order valence-electron chi connectivity index (χ4n) is 7.16. The van der Waals surface area contributed by atoms with Crippen molar-refractivity contribution in [2.24, 2.45) is 0 Å². The summed E-state index contributed by atoms with van der Waals surface area (Å²) in [5, 5.41) is 23.7. The molecule has 0 aromatic rings. The van der Waals surface area contributed by atoms with E-state index >= 15 is 0 Å². The van der Waals surface area contributed by atoms with Gasteiger partial charge in [-0.1, -0.05) is 222 Å². The summed E-state index contributed by atoms with van der Waals surface area (Å²) in [6.07, 6.45) is 58.2. The molecule has 0 saturated carbocycles. The number of rotatable bonds is 43. The number of amides is 1. The van der Waals surface area contributed by atoms with Gasteiger partial charge in [0, 0.05) is 6.42 Å². The van der Waals surface area contributed by atoms with Crippen molar-refractivity contribution in [1.29, 1.82) is 0 Å². The van der Waals surface area contributed by atoms with Crippen molar-refractivity contribution in [2.75, 3.05) is 6.61 Å². The highest BCUT2D eigenvalue weighted by atomic mass is 16.5. The SMILES string of the molecule is CC/C=C/C=C/C=C\C=C/C=C/CCCC(=O)OC(CCCCCCC/C=C/CCCCCCCC)CC(=O)NC(CO)C(O)CCCCCCCCCCCCCC. The second-order valence-electron chi connectivity index (χ2n) is 16.6. The van der Waals surface area contributed by atoms with E-state index in [1.807, 2.05) is 54.7 Å². The molecule has 6 nitrogen and oxygen atoms in total. The van der Waals surface area contributed by atoms with Gasteiger partial charge < -0.3 is 20.3 Å². The fraction of sp³-hybridized carbons (Fsp3) is 0.736. The minimum Gasteiger partial charge on any atom is -0.462 e. The molecule has 0 fully saturated rings. The van der Waals surface area contributed by atoms with Gasteiger partial charge in [-0.25, -0.2) is 0 Å². The maximum absolute atomic E-state index is 13.2. The summed E-state index contributed by atoms with van der Waals surface area (Å²) in [5.74, 6) is -0.572. The molecule has 3 atom stereocenters. The second-order valence-corrected chi connectivity index (χ2v) is 16.6. The number of nitrogens with one attached hydrogen (secondary N) is 1. The van der Waals surface area contributed by atoms with Gasteiger partial charge in [0.05, 0.1) is 25.2 Å². The molecule has 0 spiro atoms. The standard InChI is InChI=1S/C53H93NO5/c1-4-7-10-13-16-19-22-25-26-28-29-32-35-38-41-44-49(59-53(58)46-43-40-37-34-31-27-23-20-17-14-11-8-5-2)47-52(57)54-50(48-55)51(56)45-42-39-36-33-30-24-21-18-15-12-9-6-3/h8,11,14,17,20,23,25-27,31,34,37,49-51,55-56H,4-7,9-10,12-13,15-16,18-19,21-22,24,28-30,32-33,35-36,38-48H2,1-3H3,(H,54,57)/b11-8+,17-14+,23-20-,26-25+,31-27-,37-34+. The van der Waals surface area contributed by atoms with Crippen LogP contribution in [0.4, 0.5) is 0 Å². The molecule has 340 valence electrons. The molecule has 0 radical (unpaired) electrons. The predicted octanol–water partition coefficient (Wildman–Crippen LogP) is 14.6. The normalized spacial score (nSPS) is 13.9. The van der Waals surface area contributed by atoms with Crippen molar-refractivity contribution in [3.8, 4) is 0 Å². The largest absolute Gasteiger partial charge is 0.462 e. The minimum absolute atomic E-state index is 0.0409. The Balaban J connectivity index is 4.72. The molecule has 1 amide bonds. The predicted molar refractivity (Wildman–Crippen MR) is 255 cm³/mol. The van der Waals surface area contributed by atoms with Gasteiger partial charge in [-0.05, 0) is 64.2 Å². The number of esters is 1. The van der Waals surface area contributed by atoms with Gasteiger partial charge >= 0.3 is 5.97 Å². The summed E-state index contributed by atoms with van der Waals surface area (Å²) < 4.78 is 5.88. The molecule has 0 heterocycles. The Morgan fingerprint density at radius 3 is 1.42 bits per heavy atom. The lowest BCUT2D eigenvalue weighted by molar-refractivity contribution is -0.151. The number of carbonyl (C=O) groups is 2. The summed E-state index contributed by atoms with van der Waals surface area (Å²) in [5.41, 5.74) is 0. The van der Waals surface area contributed by atoms with E-state index in [0.717, 1.165) is 57.8 Å². The Hall–Kier alpha value is -2.70. The number of aliphatic hydroxyl groups is 2. The van der Waals surface area contributed by atoms with Crippen molar-refractivity contribution in [3.63, 3.8) is 0 Å². The molecule has 0 aliphatic heterocycles.